The van der Waals surface area contributed by atoms with Crippen LogP contribution in [-0.4, -0.2) is 19.2 Å². The van der Waals surface area contributed by atoms with Crippen LogP contribution in [0, 0.1) is 17.1 Å². The zero-order valence-electron chi connectivity index (χ0n) is 18.4. The number of hydrogen-bond donors (Lipinski definition) is 1. The van der Waals surface area contributed by atoms with E-state index in [0.717, 1.165) is 5.56 Å². The predicted molar refractivity (Wildman–Crippen MR) is 121 cm³/mol. The van der Waals surface area contributed by atoms with Gasteiger partial charge in [0.25, 0.3) is 0 Å². The van der Waals surface area contributed by atoms with Crippen molar-refractivity contribution in [3.8, 4) is 29.1 Å². The number of nitriles is 1. The molecule has 2 unspecified atom stereocenters. The zero-order chi connectivity index (χ0) is 24.2. The number of esters is 1. The van der Waals surface area contributed by atoms with Crippen LogP contribution in [-0.2, 0) is 4.79 Å². The third-order valence-electron chi connectivity index (χ3n) is 5.31. The normalized spacial score (nSPS) is 15.4. The zero-order valence-corrected chi connectivity index (χ0v) is 18.4. The second-order valence-electron chi connectivity index (χ2n) is 7.51. The van der Waals surface area contributed by atoms with Crippen molar-refractivity contribution in [2.24, 2.45) is 5.73 Å². The third kappa shape index (κ3) is 4.50. The Morgan fingerprint density at radius 2 is 1.91 bits per heavy atom. The Bertz CT molecular complexity index is 1310. The summed E-state index contributed by atoms with van der Waals surface area (Å²) in [6.45, 7) is 1.46. The van der Waals surface area contributed by atoms with Crippen LogP contribution in [0.15, 0.2) is 78.2 Å². The van der Waals surface area contributed by atoms with Gasteiger partial charge in [-0.25, -0.2) is 9.18 Å². The highest BCUT2D eigenvalue weighted by atomic mass is 19.1. The molecular weight excluding hydrogens is 439 g/mol. The number of carbonyl (C=O) groups is 1. The molecule has 7 nitrogen and oxygen atoms in total. The fraction of sp³-hybridized carbons (Fsp3) is 0.154. The minimum atomic E-state index is -1.06. The minimum absolute atomic E-state index is 0.0393. The Balaban J connectivity index is 1.59. The average molecular weight is 460 g/mol. The summed E-state index contributed by atoms with van der Waals surface area (Å²) in [5.41, 5.74) is 7.77. The summed E-state index contributed by atoms with van der Waals surface area (Å²) in [6, 6.07) is 20.0. The molecule has 3 aromatic carbocycles. The van der Waals surface area contributed by atoms with Gasteiger partial charge in [0, 0.05) is 11.6 Å². The van der Waals surface area contributed by atoms with Crippen LogP contribution in [0.25, 0.3) is 0 Å². The van der Waals surface area contributed by atoms with Gasteiger partial charge < -0.3 is 24.7 Å². The van der Waals surface area contributed by atoms with Gasteiger partial charge in [-0.3, -0.25) is 0 Å². The average Bonchev–Trinajstić information content (AvgIpc) is 2.84. The van der Waals surface area contributed by atoms with E-state index in [-0.39, 0.29) is 23.0 Å². The highest BCUT2D eigenvalue weighted by molar-refractivity contribution is 5.77. The number of nitrogens with two attached hydrogens (primary N) is 1. The molecular formula is C26H21FN2O5. The number of nitrogens with zero attached hydrogens (tertiary/aromatic N) is 1. The number of hydrogen-bond acceptors (Lipinski definition) is 7. The summed E-state index contributed by atoms with van der Waals surface area (Å²) < 4.78 is 35.6. The highest BCUT2D eigenvalue weighted by Gasteiger charge is 2.31. The van der Waals surface area contributed by atoms with E-state index in [1.165, 1.54) is 31.2 Å². The van der Waals surface area contributed by atoms with E-state index in [0.29, 0.717) is 17.1 Å². The molecule has 1 heterocycles. The van der Waals surface area contributed by atoms with Crippen LogP contribution < -0.4 is 24.7 Å². The lowest BCUT2D eigenvalue weighted by molar-refractivity contribution is -0.141. The number of ether oxygens (including phenoxy) is 4. The summed E-state index contributed by atoms with van der Waals surface area (Å²) in [6.07, 6.45) is -1.06. The van der Waals surface area contributed by atoms with Crippen LogP contribution in [0.3, 0.4) is 0 Å². The maximum absolute atomic E-state index is 13.8. The van der Waals surface area contributed by atoms with Crippen molar-refractivity contribution in [3.05, 3.63) is 95.1 Å². The predicted octanol–water partition coefficient (Wildman–Crippen LogP) is 4.43. The summed E-state index contributed by atoms with van der Waals surface area (Å²) in [7, 11) is 1.56. The standard InChI is InChI=1S/C26H21FN2O5/c1-15(32-22-9-4-3-8-21(22)27)26(30)33-18-10-11-19-23(13-18)34-25(29)20(14-28)24(19)16-6-5-7-17(12-16)31-2/h3-13,15,24H,29H2,1-2H3. The van der Waals surface area contributed by atoms with Gasteiger partial charge in [0.2, 0.25) is 5.88 Å². The van der Waals surface area contributed by atoms with Gasteiger partial charge in [-0.1, -0.05) is 30.3 Å². The molecule has 0 amide bonds. The molecule has 4 rings (SSSR count). The number of methoxy groups -OCH3 is 1. The van der Waals surface area contributed by atoms with E-state index in [1.807, 2.05) is 18.2 Å². The van der Waals surface area contributed by atoms with Gasteiger partial charge in [0.15, 0.2) is 17.7 Å². The molecule has 1 aliphatic heterocycles. The first kappa shape index (κ1) is 22.7. The van der Waals surface area contributed by atoms with Crippen molar-refractivity contribution in [1.29, 1.82) is 5.26 Å². The monoisotopic (exact) mass is 460 g/mol. The highest BCUT2D eigenvalue weighted by Crippen LogP contribution is 2.44. The van der Waals surface area contributed by atoms with E-state index < -0.39 is 23.8 Å². The SMILES string of the molecule is COc1cccc(C2C(C#N)=C(N)Oc3cc(OC(=O)C(C)Oc4ccccc4F)ccc32)c1. The van der Waals surface area contributed by atoms with E-state index >= 15 is 0 Å². The third-order valence-corrected chi connectivity index (χ3v) is 5.31. The number of carbonyl (C=O) groups excluding carboxylic acids is 1. The number of para-hydroxylation sites is 1. The van der Waals surface area contributed by atoms with Gasteiger partial charge in [0.1, 0.15) is 28.9 Å². The lowest BCUT2D eigenvalue weighted by Crippen LogP contribution is -2.29. The number of rotatable bonds is 6. The van der Waals surface area contributed by atoms with E-state index in [9.17, 15) is 14.4 Å². The van der Waals surface area contributed by atoms with Crippen LogP contribution in [0.2, 0.25) is 0 Å². The van der Waals surface area contributed by atoms with E-state index in [1.54, 1.807) is 31.4 Å². The van der Waals surface area contributed by atoms with Crippen LogP contribution in [0.5, 0.6) is 23.0 Å². The smallest absolute Gasteiger partial charge is 0.352 e. The molecule has 1 aliphatic rings. The largest absolute Gasteiger partial charge is 0.497 e. The van der Waals surface area contributed by atoms with Crippen LogP contribution >= 0.6 is 0 Å². The van der Waals surface area contributed by atoms with Gasteiger partial charge in [-0.2, -0.15) is 5.26 Å². The Morgan fingerprint density at radius 3 is 2.65 bits per heavy atom. The fourth-order valence-corrected chi connectivity index (χ4v) is 3.64. The number of allylic oxidation sites excluding steroid dienone is 1. The molecule has 0 aromatic heterocycles. The molecule has 0 aliphatic carbocycles. The van der Waals surface area contributed by atoms with Crippen molar-refractivity contribution >= 4 is 5.97 Å². The van der Waals surface area contributed by atoms with E-state index in [2.05, 4.69) is 6.07 Å². The quantitative estimate of drug-likeness (QED) is 0.429. The summed E-state index contributed by atoms with van der Waals surface area (Å²) in [5, 5.41) is 9.71. The molecule has 0 spiro atoms. The molecule has 0 saturated heterocycles. The lowest BCUT2D eigenvalue weighted by atomic mass is 9.83. The Hall–Kier alpha value is -4.51. The van der Waals surface area contributed by atoms with Crippen molar-refractivity contribution in [3.63, 3.8) is 0 Å². The Morgan fingerprint density at radius 1 is 1.12 bits per heavy atom. The first-order valence-electron chi connectivity index (χ1n) is 10.4. The summed E-state index contributed by atoms with van der Waals surface area (Å²) in [5.74, 6) is -0.713. The first-order valence-corrected chi connectivity index (χ1v) is 10.4. The van der Waals surface area contributed by atoms with Crippen LogP contribution in [0.1, 0.15) is 24.0 Å². The number of benzene rings is 3. The van der Waals surface area contributed by atoms with Crippen LogP contribution in [0.4, 0.5) is 4.39 Å². The van der Waals surface area contributed by atoms with Gasteiger partial charge in [0.05, 0.1) is 13.0 Å². The maximum Gasteiger partial charge on any atom is 0.352 e. The second kappa shape index (κ2) is 9.55. The summed E-state index contributed by atoms with van der Waals surface area (Å²) in [4.78, 5) is 12.5. The van der Waals surface area contributed by atoms with Crippen molar-refractivity contribution < 1.29 is 28.1 Å². The van der Waals surface area contributed by atoms with Crippen molar-refractivity contribution in [2.45, 2.75) is 18.9 Å². The Labute approximate surface area is 195 Å². The fourth-order valence-electron chi connectivity index (χ4n) is 3.64. The molecule has 0 bridgehead atoms. The van der Waals surface area contributed by atoms with Crippen molar-refractivity contribution in [1.82, 2.24) is 0 Å². The van der Waals surface area contributed by atoms with Gasteiger partial charge in [-0.15, -0.1) is 0 Å². The minimum Gasteiger partial charge on any atom is -0.497 e. The molecule has 3 aromatic rings. The van der Waals surface area contributed by atoms with Crippen molar-refractivity contribution in [2.75, 3.05) is 7.11 Å². The molecule has 2 N–H and O–H groups in total. The molecule has 34 heavy (non-hydrogen) atoms. The summed E-state index contributed by atoms with van der Waals surface area (Å²) >= 11 is 0. The van der Waals surface area contributed by atoms with Gasteiger partial charge in [-0.05, 0) is 42.8 Å². The Kier molecular flexibility index (Phi) is 6.37. The number of fused-ring (bicyclic) bond motifs is 1. The first-order chi connectivity index (χ1) is 16.4. The molecule has 0 fully saturated rings. The van der Waals surface area contributed by atoms with Gasteiger partial charge >= 0.3 is 5.97 Å². The second-order valence-corrected chi connectivity index (χ2v) is 7.51. The maximum atomic E-state index is 13.8. The molecule has 2 atom stereocenters. The molecule has 8 heteroatoms. The van der Waals surface area contributed by atoms with E-state index in [4.69, 9.17) is 24.7 Å². The number of halogens is 1. The lowest BCUT2D eigenvalue weighted by Gasteiger charge is -2.27. The molecule has 0 saturated carbocycles. The molecule has 172 valence electrons. The molecule has 0 radical (unpaired) electrons. The topological polar surface area (TPSA) is 104 Å².